The van der Waals surface area contributed by atoms with Gasteiger partial charge in [0.1, 0.15) is 5.75 Å². The third kappa shape index (κ3) is 3.46. The van der Waals surface area contributed by atoms with E-state index < -0.39 is 17.7 Å². The van der Waals surface area contributed by atoms with Gasteiger partial charge in [-0.2, -0.15) is 13.2 Å². The van der Waals surface area contributed by atoms with Crippen LogP contribution in [0.25, 0.3) is 22.3 Å². The second kappa shape index (κ2) is 7.46. The molecule has 0 aliphatic heterocycles. The van der Waals surface area contributed by atoms with Gasteiger partial charge in [0.05, 0.1) is 6.61 Å². The maximum Gasteiger partial charge on any atom is 0.425 e. The minimum absolute atomic E-state index is 0.0245. The van der Waals surface area contributed by atoms with Gasteiger partial charge in [-0.15, -0.1) is 0 Å². The molecule has 4 rings (SSSR count). The zero-order chi connectivity index (χ0) is 22.4. The van der Waals surface area contributed by atoms with Gasteiger partial charge in [0, 0.05) is 42.6 Å². The van der Waals surface area contributed by atoms with E-state index in [0.29, 0.717) is 22.3 Å². The molecular weight excluding hydrogens is 411 g/mol. The first-order valence-electron chi connectivity index (χ1n) is 9.67. The highest BCUT2D eigenvalue weighted by Crippen LogP contribution is 2.58. The molecule has 1 aliphatic carbocycles. The smallest absolute Gasteiger partial charge is 0.425 e. The Hall–Kier alpha value is -3.26. The van der Waals surface area contributed by atoms with Crippen LogP contribution in [-0.2, 0) is 17.4 Å². The third-order valence-corrected chi connectivity index (χ3v) is 5.44. The number of hydrogen-bond acceptors (Lipinski definition) is 3. The van der Waals surface area contributed by atoms with Crippen molar-refractivity contribution in [2.24, 2.45) is 7.05 Å². The van der Waals surface area contributed by atoms with Crippen molar-refractivity contribution in [3.8, 4) is 28.0 Å². The minimum atomic E-state index is -4.95. The second-order valence-corrected chi connectivity index (χ2v) is 7.56. The van der Waals surface area contributed by atoms with E-state index in [4.69, 9.17) is 9.84 Å². The molecule has 162 valence electrons. The fraction of sp³-hybridized carbons (Fsp3) is 0.261. The number of alkyl halides is 3. The van der Waals surface area contributed by atoms with Crippen LogP contribution in [0.2, 0.25) is 0 Å². The molecule has 0 fully saturated rings. The molecule has 1 aromatic heterocycles. The molecule has 8 heteroatoms. The lowest BCUT2D eigenvalue weighted by Gasteiger charge is -2.28. The Morgan fingerprint density at radius 2 is 1.87 bits per heavy atom. The van der Waals surface area contributed by atoms with E-state index in [1.54, 1.807) is 48.3 Å². The normalized spacial score (nSPS) is 17.3. The number of rotatable bonds is 6. The van der Waals surface area contributed by atoms with Gasteiger partial charge >= 0.3 is 12.1 Å². The summed E-state index contributed by atoms with van der Waals surface area (Å²) in [5, 5.41) is 19.8. The monoisotopic (exact) mass is 431 g/mol. The number of nitrogens with zero attached hydrogens (tertiary/aromatic N) is 1. The highest BCUT2D eigenvalue weighted by molar-refractivity contribution is 5.93. The summed E-state index contributed by atoms with van der Waals surface area (Å²) in [4.78, 5) is 10.7. The Labute approximate surface area is 176 Å². The molecule has 0 spiro atoms. The summed E-state index contributed by atoms with van der Waals surface area (Å²) in [5.41, 5.74) is -1.90. The number of ether oxygens (including phenoxy) is 1. The number of benzene rings is 2. The van der Waals surface area contributed by atoms with Crippen molar-refractivity contribution in [1.29, 1.82) is 0 Å². The average Bonchev–Trinajstić information content (AvgIpc) is 3.25. The number of carbonyl (C=O) groups is 1. The first-order valence-corrected chi connectivity index (χ1v) is 9.67. The van der Waals surface area contributed by atoms with Crippen molar-refractivity contribution in [2.75, 3.05) is 6.61 Å². The van der Waals surface area contributed by atoms with Crippen LogP contribution in [-0.4, -0.2) is 33.5 Å². The summed E-state index contributed by atoms with van der Waals surface area (Å²) in [6.45, 7) is 0.0245. The lowest BCUT2D eigenvalue weighted by atomic mass is 9.89. The zero-order valence-electron chi connectivity index (χ0n) is 16.6. The standard InChI is InChI=1S/C23H20F3NO4/c1-27-9-8-14(13-27)17-11-15(31-10-4-7-20(28)29)12-19-21(17)16-5-2-3-6-18(16)22(19,30)23(24,25)26/h2-3,5-6,8-9,11-13,30H,4,7,10H2,1H3,(H,28,29). The SMILES string of the molecule is Cn1ccc(-c2cc(OCCCC(=O)O)cc3c2-c2ccccc2C3(O)C(F)(F)F)c1. The Kier molecular flexibility index (Phi) is 5.05. The fourth-order valence-electron chi connectivity index (χ4n) is 4.05. The molecule has 2 N–H and O–H groups in total. The topological polar surface area (TPSA) is 71.7 Å². The van der Waals surface area contributed by atoms with Crippen LogP contribution in [0.4, 0.5) is 13.2 Å². The molecule has 0 saturated heterocycles. The molecule has 1 aliphatic rings. The molecule has 1 atom stereocenters. The van der Waals surface area contributed by atoms with E-state index in [1.165, 1.54) is 18.2 Å². The zero-order valence-corrected chi connectivity index (χ0v) is 16.6. The van der Waals surface area contributed by atoms with E-state index in [9.17, 15) is 23.1 Å². The maximum atomic E-state index is 14.2. The van der Waals surface area contributed by atoms with Gasteiger partial charge < -0.3 is 19.5 Å². The van der Waals surface area contributed by atoms with Crippen molar-refractivity contribution in [3.63, 3.8) is 0 Å². The molecule has 0 bridgehead atoms. The molecule has 1 heterocycles. The molecule has 0 saturated carbocycles. The Morgan fingerprint density at radius 1 is 1.13 bits per heavy atom. The van der Waals surface area contributed by atoms with Crippen LogP contribution in [0.5, 0.6) is 5.75 Å². The lowest BCUT2D eigenvalue weighted by molar-refractivity contribution is -0.246. The molecule has 3 aromatic rings. The van der Waals surface area contributed by atoms with Crippen molar-refractivity contribution >= 4 is 5.97 Å². The van der Waals surface area contributed by atoms with Crippen LogP contribution in [0.1, 0.15) is 24.0 Å². The van der Waals surface area contributed by atoms with Crippen LogP contribution in [0.3, 0.4) is 0 Å². The van der Waals surface area contributed by atoms with Crippen molar-refractivity contribution in [3.05, 3.63) is 66.0 Å². The number of halogens is 3. The quantitative estimate of drug-likeness (QED) is 0.555. The van der Waals surface area contributed by atoms with Gasteiger partial charge in [-0.3, -0.25) is 4.79 Å². The van der Waals surface area contributed by atoms with Gasteiger partial charge in [0.2, 0.25) is 5.60 Å². The van der Waals surface area contributed by atoms with E-state index in [1.807, 2.05) is 0 Å². The lowest BCUT2D eigenvalue weighted by Crippen LogP contribution is -2.41. The number of carboxylic acid groups (broad SMARTS) is 1. The molecule has 2 aromatic carbocycles. The molecule has 5 nitrogen and oxygen atoms in total. The Balaban J connectivity index is 1.91. The number of fused-ring (bicyclic) bond motifs is 3. The number of aromatic nitrogens is 1. The maximum absolute atomic E-state index is 14.2. The molecule has 31 heavy (non-hydrogen) atoms. The summed E-state index contributed by atoms with van der Waals surface area (Å²) >= 11 is 0. The third-order valence-electron chi connectivity index (χ3n) is 5.44. The number of hydrogen-bond donors (Lipinski definition) is 2. The first-order chi connectivity index (χ1) is 14.6. The summed E-state index contributed by atoms with van der Waals surface area (Å²) in [6, 6.07) is 10.6. The van der Waals surface area contributed by atoms with Crippen molar-refractivity contribution < 1.29 is 32.9 Å². The molecule has 1 unspecified atom stereocenters. The predicted octanol–water partition coefficient (Wildman–Crippen LogP) is 4.71. The molecule has 0 radical (unpaired) electrons. The number of carboxylic acids is 1. The number of aliphatic carboxylic acids is 1. The Morgan fingerprint density at radius 3 is 2.52 bits per heavy atom. The number of aliphatic hydroxyl groups is 1. The predicted molar refractivity (Wildman–Crippen MR) is 108 cm³/mol. The molecular formula is C23H20F3NO4. The molecule has 0 amide bonds. The highest BCUT2D eigenvalue weighted by atomic mass is 19.4. The van der Waals surface area contributed by atoms with Gasteiger partial charge in [-0.05, 0) is 41.3 Å². The summed E-state index contributed by atoms with van der Waals surface area (Å²) in [7, 11) is 1.80. The van der Waals surface area contributed by atoms with Gasteiger partial charge in [0.25, 0.3) is 0 Å². The van der Waals surface area contributed by atoms with E-state index in [-0.39, 0.29) is 36.3 Å². The van der Waals surface area contributed by atoms with Crippen LogP contribution in [0, 0.1) is 0 Å². The summed E-state index contributed by atoms with van der Waals surface area (Å²) in [6.07, 6.45) is -1.31. The van der Waals surface area contributed by atoms with Gasteiger partial charge in [-0.25, -0.2) is 0 Å². The van der Waals surface area contributed by atoms with Crippen LogP contribution >= 0.6 is 0 Å². The van der Waals surface area contributed by atoms with Crippen LogP contribution < -0.4 is 4.74 Å². The highest BCUT2D eigenvalue weighted by Gasteiger charge is 2.61. The van der Waals surface area contributed by atoms with Crippen LogP contribution in [0.15, 0.2) is 54.9 Å². The summed E-state index contributed by atoms with van der Waals surface area (Å²) in [5.74, 6) is -0.845. The summed E-state index contributed by atoms with van der Waals surface area (Å²) < 4.78 is 50.0. The second-order valence-electron chi connectivity index (χ2n) is 7.56. The van der Waals surface area contributed by atoms with Crippen molar-refractivity contribution in [1.82, 2.24) is 4.57 Å². The fourth-order valence-corrected chi connectivity index (χ4v) is 4.05. The van der Waals surface area contributed by atoms with E-state index in [0.717, 1.165) is 0 Å². The number of aryl methyl sites for hydroxylation is 1. The minimum Gasteiger partial charge on any atom is -0.494 e. The largest absolute Gasteiger partial charge is 0.494 e. The van der Waals surface area contributed by atoms with Crippen molar-refractivity contribution in [2.45, 2.75) is 24.6 Å². The van der Waals surface area contributed by atoms with E-state index >= 15 is 0 Å². The Bertz CT molecular complexity index is 1150. The van der Waals surface area contributed by atoms with Gasteiger partial charge in [-0.1, -0.05) is 24.3 Å². The van der Waals surface area contributed by atoms with Gasteiger partial charge in [0.15, 0.2) is 0 Å². The van der Waals surface area contributed by atoms with E-state index in [2.05, 4.69) is 0 Å². The first kappa shape index (κ1) is 21.0. The average molecular weight is 431 g/mol.